The highest BCUT2D eigenvalue weighted by Crippen LogP contribution is 2.35. The SMILES string of the molecule is [2H]C([2H])(C(C)C)N(c1ccc(Br)cc1NC(=O)Nc1ccccc1F)C1CCCCC1. The Labute approximate surface area is 183 Å². The first kappa shape index (κ1) is 18.9. The highest BCUT2D eigenvalue weighted by molar-refractivity contribution is 9.10. The van der Waals surface area contributed by atoms with Gasteiger partial charge in [-0.25, -0.2) is 9.18 Å². The number of para-hydroxylation sites is 1. The molecule has 2 amide bonds. The molecule has 0 aliphatic heterocycles. The number of nitrogens with one attached hydrogen (secondary N) is 2. The Morgan fingerprint density at radius 3 is 2.55 bits per heavy atom. The van der Waals surface area contributed by atoms with Crippen LogP contribution in [0.3, 0.4) is 0 Å². The summed E-state index contributed by atoms with van der Waals surface area (Å²) in [4.78, 5) is 14.5. The Kier molecular flexibility index (Phi) is 6.59. The summed E-state index contributed by atoms with van der Waals surface area (Å²) in [6.07, 6.45) is 5.09. The second kappa shape index (κ2) is 10.1. The zero-order valence-corrected chi connectivity index (χ0v) is 18.4. The molecule has 4 nitrogen and oxygen atoms in total. The molecule has 1 aliphatic carbocycles. The van der Waals surface area contributed by atoms with Crippen molar-refractivity contribution in [2.45, 2.75) is 52.0 Å². The summed E-state index contributed by atoms with van der Waals surface area (Å²) in [6, 6.07) is 10.9. The van der Waals surface area contributed by atoms with Gasteiger partial charge in [0.25, 0.3) is 0 Å². The van der Waals surface area contributed by atoms with Gasteiger partial charge in [0.15, 0.2) is 0 Å². The van der Waals surface area contributed by atoms with Crippen LogP contribution in [0.1, 0.15) is 48.7 Å². The van der Waals surface area contributed by atoms with E-state index in [1.807, 2.05) is 30.9 Å². The molecule has 1 fully saturated rings. The van der Waals surface area contributed by atoms with E-state index in [0.717, 1.165) is 36.6 Å². The zero-order valence-electron chi connectivity index (χ0n) is 18.8. The van der Waals surface area contributed by atoms with Crippen LogP contribution >= 0.6 is 15.9 Å². The Balaban J connectivity index is 1.95. The van der Waals surface area contributed by atoms with Crippen molar-refractivity contribution in [2.75, 3.05) is 22.0 Å². The minimum atomic E-state index is -1.60. The molecule has 0 bridgehead atoms. The van der Waals surface area contributed by atoms with E-state index in [-0.39, 0.29) is 17.6 Å². The Morgan fingerprint density at radius 2 is 1.86 bits per heavy atom. The second-order valence-electron chi connectivity index (χ2n) is 7.67. The molecule has 3 rings (SSSR count). The van der Waals surface area contributed by atoms with Crippen molar-refractivity contribution in [1.82, 2.24) is 0 Å². The van der Waals surface area contributed by atoms with Crippen molar-refractivity contribution in [3.8, 4) is 0 Å². The van der Waals surface area contributed by atoms with Gasteiger partial charge >= 0.3 is 6.03 Å². The lowest BCUT2D eigenvalue weighted by Crippen LogP contribution is -2.40. The normalized spacial score (nSPS) is 16.2. The third-order valence-corrected chi connectivity index (χ3v) is 5.42. The number of carbonyl (C=O) groups is 1. The second-order valence-corrected chi connectivity index (χ2v) is 8.58. The first-order valence-corrected chi connectivity index (χ1v) is 10.9. The molecule has 2 aromatic rings. The lowest BCUT2D eigenvalue weighted by molar-refractivity contribution is 0.262. The van der Waals surface area contributed by atoms with Crippen LogP contribution in [0.4, 0.5) is 26.2 Å². The van der Waals surface area contributed by atoms with Crippen molar-refractivity contribution in [1.29, 1.82) is 0 Å². The number of urea groups is 1. The van der Waals surface area contributed by atoms with Crippen molar-refractivity contribution in [3.05, 3.63) is 52.8 Å². The molecule has 156 valence electrons. The number of benzene rings is 2. The molecule has 0 radical (unpaired) electrons. The third-order valence-electron chi connectivity index (χ3n) is 4.93. The maximum atomic E-state index is 13.9. The third kappa shape index (κ3) is 5.95. The van der Waals surface area contributed by atoms with Crippen LogP contribution < -0.4 is 15.5 Å². The summed E-state index contributed by atoms with van der Waals surface area (Å²) in [5.41, 5.74) is 1.17. The highest BCUT2D eigenvalue weighted by Gasteiger charge is 2.24. The van der Waals surface area contributed by atoms with E-state index in [0.29, 0.717) is 11.4 Å². The molecule has 0 aromatic heterocycles. The molecule has 1 saturated carbocycles. The molecule has 2 N–H and O–H groups in total. The van der Waals surface area contributed by atoms with Gasteiger partial charge in [0.1, 0.15) is 5.82 Å². The zero-order chi connectivity index (χ0) is 22.6. The molecule has 29 heavy (non-hydrogen) atoms. The van der Waals surface area contributed by atoms with Gasteiger partial charge in [-0.1, -0.05) is 61.2 Å². The Morgan fingerprint density at radius 1 is 1.17 bits per heavy atom. The van der Waals surface area contributed by atoms with Gasteiger partial charge < -0.3 is 15.5 Å². The molecule has 0 spiro atoms. The smallest absolute Gasteiger partial charge is 0.323 e. The number of amides is 2. The number of carbonyl (C=O) groups excluding carboxylic acids is 1. The number of hydrogen-bond acceptors (Lipinski definition) is 2. The van der Waals surface area contributed by atoms with Crippen molar-refractivity contribution >= 4 is 39.0 Å². The summed E-state index contributed by atoms with van der Waals surface area (Å²) in [5, 5.41) is 5.34. The maximum absolute atomic E-state index is 13.9. The van der Waals surface area contributed by atoms with Gasteiger partial charge in [-0.05, 0) is 49.1 Å². The van der Waals surface area contributed by atoms with E-state index < -0.39 is 18.3 Å². The average Bonchev–Trinajstić information content (AvgIpc) is 2.72. The van der Waals surface area contributed by atoms with Crippen LogP contribution in [0, 0.1) is 11.7 Å². The summed E-state index contributed by atoms with van der Waals surface area (Å²) in [5.74, 6) is -0.773. The lowest BCUT2D eigenvalue weighted by Gasteiger charge is -2.38. The minimum absolute atomic E-state index is 0.0440. The number of nitrogens with zero attached hydrogens (tertiary/aromatic N) is 1. The molecule has 0 atom stereocenters. The van der Waals surface area contributed by atoms with Gasteiger partial charge in [-0.2, -0.15) is 0 Å². The Hall–Kier alpha value is -2.08. The summed E-state index contributed by atoms with van der Waals surface area (Å²) < 4.78 is 32.4. The van der Waals surface area contributed by atoms with Gasteiger partial charge in [0.05, 0.1) is 17.1 Å². The predicted octanol–water partition coefficient (Wildman–Crippen LogP) is 7.03. The minimum Gasteiger partial charge on any atom is -0.367 e. The number of halogens is 2. The van der Waals surface area contributed by atoms with Crippen LogP contribution in [-0.4, -0.2) is 18.6 Å². The van der Waals surface area contributed by atoms with Gasteiger partial charge in [0, 0.05) is 19.8 Å². The number of rotatable bonds is 6. The predicted molar refractivity (Wildman–Crippen MR) is 122 cm³/mol. The molecular formula is C23H29BrFN3O. The monoisotopic (exact) mass is 463 g/mol. The molecule has 6 heteroatoms. The van der Waals surface area contributed by atoms with E-state index in [2.05, 4.69) is 26.6 Å². The summed E-state index contributed by atoms with van der Waals surface area (Å²) >= 11 is 3.45. The summed E-state index contributed by atoms with van der Waals surface area (Å²) in [6.45, 7) is 2.13. The van der Waals surface area contributed by atoms with Gasteiger partial charge in [0.2, 0.25) is 0 Å². The fourth-order valence-corrected chi connectivity index (χ4v) is 4.01. The largest absolute Gasteiger partial charge is 0.367 e. The van der Waals surface area contributed by atoms with Crippen molar-refractivity contribution in [2.24, 2.45) is 5.92 Å². The van der Waals surface area contributed by atoms with E-state index in [1.54, 1.807) is 18.2 Å². The molecule has 0 heterocycles. The molecule has 0 unspecified atom stereocenters. The standard InChI is InChI=1S/C23H29BrFN3O/c1-16(2)15-28(18-8-4-3-5-9-18)22-13-12-17(24)14-21(22)27-23(29)26-20-11-7-6-10-19(20)25/h6-7,10-14,16,18H,3-5,8-9,15H2,1-2H3,(H2,26,27,29)/i15D2. The van der Waals surface area contributed by atoms with Crippen LogP contribution in [0.15, 0.2) is 46.9 Å². The topological polar surface area (TPSA) is 44.4 Å². The molecule has 2 aromatic carbocycles. The summed E-state index contributed by atoms with van der Waals surface area (Å²) in [7, 11) is 0. The quantitative estimate of drug-likeness (QED) is 0.482. The molecule has 1 aliphatic rings. The van der Waals surface area contributed by atoms with Crippen LogP contribution in [-0.2, 0) is 0 Å². The van der Waals surface area contributed by atoms with E-state index >= 15 is 0 Å². The van der Waals surface area contributed by atoms with E-state index in [1.165, 1.54) is 12.1 Å². The fraction of sp³-hybridized carbons (Fsp3) is 0.435. The first-order chi connectivity index (χ1) is 14.7. The Bertz CT molecular complexity index is 919. The average molecular weight is 464 g/mol. The van der Waals surface area contributed by atoms with Crippen LogP contribution in [0.5, 0.6) is 0 Å². The maximum Gasteiger partial charge on any atom is 0.323 e. The van der Waals surface area contributed by atoms with Crippen LogP contribution in [0.25, 0.3) is 0 Å². The highest BCUT2D eigenvalue weighted by atomic mass is 79.9. The number of anilines is 3. The number of hydrogen-bond donors (Lipinski definition) is 2. The van der Waals surface area contributed by atoms with Gasteiger partial charge in [-0.15, -0.1) is 0 Å². The van der Waals surface area contributed by atoms with E-state index in [4.69, 9.17) is 2.74 Å². The lowest BCUT2D eigenvalue weighted by atomic mass is 9.93. The van der Waals surface area contributed by atoms with Crippen molar-refractivity contribution < 1.29 is 11.9 Å². The molecule has 0 saturated heterocycles. The van der Waals surface area contributed by atoms with E-state index in [9.17, 15) is 9.18 Å². The van der Waals surface area contributed by atoms with Gasteiger partial charge in [-0.3, -0.25) is 0 Å². The van der Waals surface area contributed by atoms with Crippen LogP contribution in [0.2, 0.25) is 0 Å². The van der Waals surface area contributed by atoms with Crippen molar-refractivity contribution in [3.63, 3.8) is 0 Å². The first-order valence-electron chi connectivity index (χ1n) is 11.1. The fourth-order valence-electron chi connectivity index (χ4n) is 3.65. The molecular weight excluding hydrogens is 433 g/mol.